The Bertz CT molecular complexity index is 439. The van der Waals surface area contributed by atoms with Crippen molar-refractivity contribution in [1.29, 1.82) is 0 Å². The van der Waals surface area contributed by atoms with Crippen molar-refractivity contribution >= 4 is 29.7 Å². The molecule has 1 aliphatic heterocycles. The lowest BCUT2D eigenvalue weighted by atomic mass is 9.98. The van der Waals surface area contributed by atoms with E-state index in [2.05, 4.69) is 6.92 Å². The van der Waals surface area contributed by atoms with E-state index in [-0.39, 0.29) is 30.5 Å². The number of ether oxygens (including phenoxy) is 1. The van der Waals surface area contributed by atoms with Crippen LogP contribution in [0.25, 0.3) is 0 Å². The van der Waals surface area contributed by atoms with Crippen LogP contribution in [0.4, 0.5) is 0 Å². The minimum absolute atomic E-state index is 0. The smallest absolute Gasteiger partial charge is 0.264 e. The number of methoxy groups -OCH3 is 1. The van der Waals surface area contributed by atoms with Crippen LogP contribution in [0, 0.1) is 0 Å². The molecule has 0 aromatic carbocycles. The average Bonchev–Trinajstić information content (AvgIpc) is 2.94. The van der Waals surface area contributed by atoms with Crippen LogP contribution in [0.2, 0.25) is 0 Å². The SMILES string of the molecule is CCc1ccsc1C(=O)N1CCC(OC)CC1CN.Cl. The molecule has 4 nitrogen and oxygen atoms in total. The molecule has 20 heavy (non-hydrogen) atoms. The first-order valence-corrected chi connectivity index (χ1v) is 7.69. The fraction of sp³-hybridized carbons (Fsp3) is 0.643. The fourth-order valence-corrected chi connectivity index (χ4v) is 3.60. The van der Waals surface area contributed by atoms with Gasteiger partial charge in [0, 0.05) is 26.2 Å². The van der Waals surface area contributed by atoms with E-state index in [1.807, 2.05) is 16.3 Å². The van der Waals surface area contributed by atoms with Crippen LogP contribution in [-0.2, 0) is 11.2 Å². The zero-order chi connectivity index (χ0) is 13.8. The van der Waals surface area contributed by atoms with E-state index in [0.29, 0.717) is 6.54 Å². The molecule has 2 N–H and O–H groups in total. The molecule has 2 rings (SSSR count). The van der Waals surface area contributed by atoms with Crippen LogP contribution in [0.3, 0.4) is 0 Å². The number of carbonyl (C=O) groups is 1. The number of nitrogens with zero attached hydrogens (tertiary/aromatic N) is 1. The summed E-state index contributed by atoms with van der Waals surface area (Å²) in [6, 6.07) is 2.13. The maximum absolute atomic E-state index is 12.6. The van der Waals surface area contributed by atoms with Gasteiger partial charge in [-0.05, 0) is 36.3 Å². The van der Waals surface area contributed by atoms with Gasteiger partial charge in [0.15, 0.2) is 0 Å². The standard InChI is InChI=1S/C14H22N2O2S.ClH/c1-3-10-5-7-19-13(10)14(17)16-6-4-12(18-2)8-11(16)9-15;/h5,7,11-12H,3-4,6,8-9,15H2,1-2H3;1H. The Morgan fingerprint density at radius 1 is 1.60 bits per heavy atom. The van der Waals surface area contributed by atoms with Crippen LogP contribution in [0.1, 0.15) is 35.0 Å². The van der Waals surface area contributed by atoms with E-state index in [9.17, 15) is 4.79 Å². The van der Waals surface area contributed by atoms with Crippen LogP contribution in [0.15, 0.2) is 11.4 Å². The van der Waals surface area contributed by atoms with Gasteiger partial charge in [-0.25, -0.2) is 0 Å². The number of halogens is 1. The van der Waals surface area contributed by atoms with Crippen LogP contribution >= 0.6 is 23.7 Å². The summed E-state index contributed by atoms with van der Waals surface area (Å²) in [7, 11) is 1.73. The molecule has 0 saturated carbocycles. The molecule has 2 unspecified atom stereocenters. The van der Waals surface area contributed by atoms with Gasteiger partial charge < -0.3 is 15.4 Å². The van der Waals surface area contributed by atoms with Gasteiger partial charge in [-0.2, -0.15) is 0 Å². The van der Waals surface area contributed by atoms with Crippen molar-refractivity contribution in [2.24, 2.45) is 5.73 Å². The van der Waals surface area contributed by atoms with Gasteiger partial charge in [0.2, 0.25) is 0 Å². The Kier molecular flexibility index (Phi) is 6.95. The van der Waals surface area contributed by atoms with Crippen molar-refractivity contribution in [3.63, 3.8) is 0 Å². The number of carbonyl (C=O) groups excluding carboxylic acids is 1. The van der Waals surface area contributed by atoms with Gasteiger partial charge in [0.25, 0.3) is 5.91 Å². The third kappa shape index (κ3) is 3.52. The summed E-state index contributed by atoms with van der Waals surface area (Å²) >= 11 is 1.53. The van der Waals surface area contributed by atoms with E-state index in [4.69, 9.17) is 10.5 Å². The summed E-state index contributed by atoms with van der Waals surface area (Å²) < 4.78 is 5.40. The average molecular weight is 319 g/mol. The number of hydrogen-bond acceptors (Lipinski definition) is 4. The second-order valence-corrected chi connectivity index (χ2v) is 5.81. The lowest BCUT2D eigenvalue weighted by Gasteiger charge is -2.38. The maximum Gasteiger partial charge on any atom is 0.264 e. The number of piperidine rings is 1. The molecule has 2 heterocycles. The largest absolute Gasteiger partial charge is 0.381 e. The number of likely N-dealkylation sites (tertiary alicyclic amines) is 1. The summed E-state index contributed by atoms with van der Waals surface area (Å²) in [4.78, 5) is 15.4. The maximum atomic E-state index is 12.6. The van der Waals surface area contributed by atoms with Crippen LogP contribution in [0.5, 0.6) is 0 Å². The van der Waals surface area contributed by atoms with Gasteiger partial charge in [0.05, 0.1) is 11.0 Å². The third-order valence-electron chi connectivity index (χ3n) is 3.86. The molecule has 1 aliphatic rings. The van der Waals surface area contributed by atoms with Gasteiger partial charge in [-0.15, -0.1) is 23.7 Å². The van der Waals surface area contributed by atoms with Gasteiger partial charge in [0.1, 0.15) is 0 Å². The van der Waals surface area contributed by atoms with E-state index >= 15 is 0 Å². The molecule has 1 fully saturated rings. The monoisotopic (exact) mass is 318 g/mol. The highest BCUT2D eigenvalue weighted by molar-refractivity contribution is 7.12. The molecule has 1 saturated heterocycles. The van der Waals surface area contributed by atoms with E-state index in [1.54, 1.807) is 7.11 Å². The molecule has 1 aromatic rings. The molecular weight excluding hydrogens is 296 g/mol. The first-order valence-electron chi connectivity index (χ1n) is 6.81. The highest BCUT2D eigenvalue weighted by Gasteiger charge is 2.32. The highest BCUT2D eigenvalue weighted by Crippen LogP contribution is 2.25. The number of nitrogens with two attached hydrogens (primary N) is 1. The Hall–Kier alpha value is -0.620. The number of aryl methyl sites for hydroxylation is 1. The Morgan fingerprint density at radius 3 is 2.95 bits per heavy atom. The number of hydrogen-bond donors (Lipinski definition) is 1. The van der Waals surface area contributed by atoms with Gasteiger partial charge in [-0.3, -0.25) is 4.79 Å². The van der Waals surface area contributed by atoms with Gasteiger partial charge in [-0.1, -0.05) is 6.92 Å². The molecular formula is C14H23ClN2O2S. The quantitative estimate of drug-likeness (QED) is 0.927. The first-order chi connectivity index (χ1) is 9.21. The van der Waals surface area contributed by atoms with Crippen molar-refractivity contribution in [2.45, 2.75) is 38.3 Å². The van der Waals surface area contributed by atoms with E-state index in [1.165, 1.54) is 11.3 Å². The van der Waals surface area contributed by atoms with Crippen molar-refractivity contribution in [1.82, 2.24) is 4.90 Å². The fourth-order valence-electron chi connectivity index (χ4n) is 2.65. The Balaban J connectivity index is 0.00000200. The zero-order valence-corrected chi connectivity index (χ0v) is 13.6. The predicted octanol–water partition coefficient (Wildman–Crippen LogP) is 2.31. The molecule has 2 atom stereocenters. The minimum Gasteiger partial charge on any atom is -0.381 e. The second kappa shape index (κ2) is 7.98. The molecule has 114 valence electrons. The number of thiophene rings is 1. The summed E-state index contributed by atoms with van der Waals surface area (Å²) in [6.07, 6.45) is 2.86. The van der Waals surface area contributed by atoms with Crippen molar-refractivity contribution < 1.29 is 9.53 Å². The Labute approximate surface area is 130 Å². The lowest BCUT2D eigenvalue weighted by Crippen LogP contribution is -2.51. The van der Waals surface area contributed by atoms with E-state index in [0.717, 1.165) is 36.2 Å². The lowest BCUT2D eigenvalue weighted by molar-refractivity contribution is 0.0141. The summed E-state index contributed by atoms with van der Waals surface area (Å²) in [5.41, 5.74) is 6.96. The van der Waals surface area contributed by atoms with Crippen LogP contribution in [-0.4, -0.2) is 43.2 Å². The molecule has 0 bridgehead atoms. The molecule has 0 aliphatic carbocycles. The molecule has 0 radical (unpaired) electrons. The normalized spacial score (nSPS) is 22.4. The van der Waals surface area contributed by atoms with Crippen molar-refractivity contribution in [2.75, 3.05) is 20.2 Å². The minimum atomic E-state index is 0. The van der Waals surface area contributed by atoms with Crippen molar-refractivity contribution in [3.8, 4) is 0 Å². The van der Waals surface area contributed by atoms with E-state index < -0.39 is 0 Å². The van der Waals surface area contributed by atoms with Crippen molar-refractivity contribution in [3.05, 3.63) is 21.9 Å². The topological polar surface area (TPSA) is 55.6 Å². The predicted molar refractivity (Wildman–Crippen MR) is 84.9 cm³/mol. The third-order valence-corrected chi connectivity index (χ3v) is 4.80. The number of rotatable bonds is 4. The zero-order valence-electron chi connectivity index (χ0n) is 12.0. The molecule has 1 amide bonds. The molecule has 0 spiro atoms. The second-order valence-electron chi connectivity index (χ2n) is 4.90. The van der Waals surface area contributed by atoms with Gasteiger partial charge >= 0.3 is 0 Å². The first kappa shape index (κ1) is 17.4. The molecule has 6 heteroatoms. The molecule has 1 aromatic heterocycles. The number of amides is 1. The summed E-state index contributed by atoms with van der Waals surface area (Å²) in [5, 5.41) is 1.99. The summed E-state index contributed by atoms with van der Waals surface area (Å²) in [6.45, 7) is 3.31. The Morgan fingerprint density at radius 2 is 2.35 bits per heavy atom. The summed E-state index contributed by atoms with van der Waals surface area (Å²) in [5.74, 6) is 0.136. The van der Waals surface area contributed by atoms with Crippen LogP contribution < -0.4 is 5.73 Å². The highest BCUT2D eigenvalue weighted by atomic mass is 35.5.